The number of rotatable bonds is 8. The molecular formula is C20H29N3O. The number of aromatic nitrogens is 1. The standard InChI is InChI=1S/C20H29N3O/c1-6-17(14-7-8-14)23-18-13(3)21-11-16(18)12(2)22-19(15-9-10-15)20(4,5)24/h6,11,14-15,19,21-22,24H,1-2,7-10H2,3-5H3/b23-17+/t19-/m0/s1. The highest BCUT2D eigenvalue weighted by molar-refractivity contribution is 6.00. The largest absolute Gasteiger partial charge is 0.388 e. The molecule has 2 fully saturated rings. The number of aryl methyl sites for hydroxylation is 1. The first kappa shape index (κ1) is 17.0. The summed E-state index contributed by atoms with van der Waals surface area (Å²) in [6, 6.07) is 0.0133. The molecule has 0 saturated heterocycles. The average molecular weight is 327 g/mol. The van der Waals surface area contributed by atoms with Gasteiger partial charge in [-0.25, -0.2) is 0 Å². The van der Waals surface area contributed by atoms with Gasteiger partial charge >= 0.3 is 0 Å². The molecule has 0 aliphatic heterocycles. The molecule has 3 rings (SSSR count). The zero-order valence-electron chi connectivity index (χ0n) is 15.0. The van der Waals surface area contributed by atoms with Crippen LogP contribution in [0.15, 0.2) is 30.4 Å². The van der Waals surface area contributed by atoms with Gasteiger partial charge in [0.25, 0.3) is 0 Å². The van der Waals surface area contributed by atoms with E-state index in [4.69, 9.17) is 4.99 Å². The topological polar surface area (TPSA) is 60.4 Å². The highest BCUT2D eigenvalue weighted by atomic mass is 16.3. The van der Waals surface area contributed by atoms with Crippen LogP contribution in [0.3, 0.4) is 0 Å². The monoisotopic (exact) mass is 327 g/mol. The molecule has 0 unspecified atom stereocenters. The lowest BCUT2D eigenvalue weighted by atomic mass is 9.94. The van der Waals surface area contributed by atoms with Crippen LogP contribution in [0.4, 0.5) is 5.69 Å². The minimum absolute atomic E-state index is 0.0133. The van der Waals surface area contributed by atoms with Gasteiger partial charge in [0.2, 0.25) is 0 Å². The van der Waals surface area contributed by atoms with E-state index in [2.05, 4.69) is 23.5 Å². The van der Waals surface area contributed by atoms with Crippen molar-refractivity contribution < 1.29 is 5.11 Å². The second kappa shape index (κ2) is 6.25. The van der Waals surface area contributed by atoms with Crippen LogP contribution in [0, 0.1) is 18.8 Å². The summed E-state index contributed by atoms with van der Waals surface area (Å²) in [5.41, 5.74) is 4.03. The summed E-state index contributed by atoms with van der Waals surface area (Å²) in [5.74, 6) is 1.07. The van der Waals surface area contributed by atoms with E-state index in [-0.39, 0.29) is 6.04 Å². The molecule has 0 amide bonds. The molecule has 3 N–H and O–H groups in total. The normalized spacial score (nSPS) is 19.9. The quantitative estimate of drug-likeness (QED) is 0.630. The van der Waals surface area contributed by atoms with E-state index < -0.39 is 5.60 Å². The Balaban J connectivity index is 1.84. The predicted octanol–water partition coefficient (Wildman–Crippen LogP) is 4.10. The van der Waals surface area contributed by atoms with Crippen LogP contribution < -0.4 is 5.32 Å². The van der Waals surface area contributed by atoms with Gasteiger partial charge in [-0.1, -0.05) is 13.2 Å². The molecule has 130 valence electrons. The predicted molar refractivity (Wildman–Crippen MR) is 101 cm³/mol. The zero-order valence-corrected chi connectivity index (χ0v) is 15.0. The van der Waals surface area contributed by atoms with Crippen LogP contribution >= 0.6 is 0 Å². The number of allylic oxidation sites excluding steroid dienone is 1. The lowest BCUT2D eigenvalue weighted by Gasteiger charge is -2.32. The number of nitrogens with one attached hydrogen (secondary N) is 2. The van der Waals surface area contributed by atoms with Crippen LogP contribution in [0.2, 0.25) is 0 Å². The molecule has 2 aliphatic carbocycles. The van der Waals surface area contributed by atoms with Crippen molar-refractivity contribution in [2.24, 2.45) is 16.8 Å². The molecule has 2 saturated carbocycles. The Hall–Kier alpha value is -1.81. The smallest absolute Gasteiger partial charge is 0.0930 e. The molecule has 0 spiro atoms. The first-order valence-corrected chi connectivity index (χ1v) is 8.88. The Morgan fingerprint density at radius 2 is 2.08 bits per heavy atom. The molecule has 4 heteroatoms. The third-order valence-corrected chi connectivity index (χ3v) is 5.00. The molecule has 1 aromatic rings. The Morgan fingerprint density at radius 1 is 1.42 bits per heavy atom. The molecule has 1 aromatic heterocycles. The number of hydrogen-bond acceptors (Lipinski definition) is 3. The van der Waals surface area contributed by atoms with E-state index in [1.54, 1.807) is 0 Å². The molecule has 0 bridgehead atoms. The van der Waals surface area contributed by atoms with E-state index in [1.807, 2.05) is 33.0 Å². The molecule has 0 aromatic carbocycles. The lowest BCUT2D eigenvalue weighted by Crippen LogP contribution is -2.47. The fourth-order valence-corrected chi connectivity index (χ4v) is 3.27. The summed E-state index contributed by atoms with van der Waals surface area (Å²) in [6.45, 7) is 13.9. The minimum atomic E-state index is -0.779. The number of hydrogen-bond donors (Lipinski definition) is 3. The maximum atomic E-state index is 10.5. The first-order valence-electron chi connectivity index (χ1n) is 8.88. The van der Waals surface area contributed by atoms with Crippen molar-refractivity contribution in [2.75, 3.05) is 0 Å². The van der Waals surface area contributed by atoms with Crippen molar-refractivity contribution in [3.8, 4) is 0 Å². The third kappa shape index (κ3) is 3.64. The van der Waals surface area contributed by atoms with Crippen molar-refractivity contribution in [3.63, 3.8) is 0 Å². The Kier molecular flexibility index (Phi) is 4.43. The van der Waals surface area contributed by atoms with E-state index in [9.17, 15) is 5.11 Å². The van der Waals surface area contributed by atoms with Crippen LogP contribution in [0.5, 0.6) is 0 Å². The van der Waals surface area contributed by atoms with E-state index in [1.165, 1.54) is 12.8 Å². The van der Waals surface area contributed by atoms with E-state index >= 15 is 0 Å². The van der Waals surface area contributed by atoms with Crippen molar-refractivity contribution in [1.82, 2.24) is 10.3 Å². The number of aromatic amines is 1. The average Bonchev–Trinajstić information content (AvgIpc) is 3.40. The van der Waals surface area contributed by atoms with Crippen molar-refractivity contribution >= 4 is 17.1 Å². The van der Waals surface area contributed by atoms with Gasteiger partial charge in [-0.15, -0.1) is 0 Å². The molecule has 1 heterocycles. The number of H-pyrrole nitrogens is 1. The molecule has 2 aliphatic rings. The second-order valence-electron chi connectivity index (χ2n) is 7.78. The van der Waals surface area contributed by atoms with Crippen LogP contribution in [0.25, 0.3) is 5.70 Å². The summed E-state index contributed by atoms with van der Waals surface area (Å²) >= 11 is 0. The number of aliphatic imine (C=N–C) groups is 1. The van der Waals surface area contributed by atoms with E-state index in [0.29, 0.717) is 11.8 Å². The number of nitrogens with zero attached hydrogens (tertiary/aromatic N) is 1. The van der Waals surface area contributed by atoms with Crippen molar-refractivity contribution in [1.29, 1.82) is 0 Å². The van der Waals surface area contributed by atoms with Gasteiger partial charge in [0.15, 0.2) is 0 Å². The van der Waals surface area contributed by atoms with Gasteiger partial charge in [0.1, 0.15) is 0 Å². The zero-order chi connectivity index (χ0) is 17.5. The van der Waals surface area contributed by atoms with Gasteiger partial charge in [0.05, 0.1) is 17.3 Å². The molecular weight excluding hydrogens is 298 g/mol. The molecule has 0 radical (unpaired) electrons. The summed E-state index contributed by atoms with van der Waals surface area (Å²) in [6.07, 6.45) is 8.54. The Morgan fingerprint density at radius 3 is 2.58 bits per heavy atom. The Bertz CT molecular complexity index is 670. The van der Waals surface area contributed by atoms with Crippen molar-refractivity contribution in [3.05, 3.63) is 36.7 Å². The maximum absolute atomic E-state index is 10.5. The van der Waals surface area contributed by atoms with Gasteiger partial charge in [-0.2, -0.15) is 0 Å². The Labute approximate surface area is 144 Å². The first-order chi connectivity index (χ1) is 11.3. The van der Waals surface area contributed by atoms with Crippen LogP contribution in [-0.4, -0.2) is 27.4 Å². The van der Waals surface area contributed by atoms with Gasteiger partial charge in [0, 0.05) is 34.8 Å². The van der Waals surface area contributed by atoms with Crippen molar-refractivity contribution in [2.45, 2.75) is 58.1 Å². The molecule has 1 atom stereocenters. The fraction of sp³-hybridized carbons (Fsp3) is 0.550. The van der Waals surface area contributed by atoms with Crippen LogP contribution in [-0.2, 0) is 0 Å². The number of aliphatic hydroxyl groups is 1. The fourth-order valence-electron chi connectivity index (χ4n) is 3.27. The SMILES string of the molecule is C=C/C(=N\c1c(C(=C)N[C@@H](C2CC2)C(C)(C)O)c[nH]c1C)C1CC1. The van der Waals surface area contributed by atoms with Gasteiger partial charge in [-0.3, -0.25) is 4.99 Å². The molecule has 4 nitrogen and oxygen atoms in total. The van der Waals surface area contributed by atoms with E-state index in [0.717, 1.165) is 41.2 Å². The summed E-state index contributed by atoms with van der Waals surface area (Å²) in [5, 5.41) is 13.9. The summed E-state index contributed by atoms with van der Waals surface area (Å²) < 4.78 is 0. The third-order valence-electron chi connectivity index (χ3n) is 5.00. The second-order valence-corrected chi connectivity index (χ2v) is 7.78. The molecule has 24 heavy (non-hydrogen) atoms. The van der Waals surface area contributed by atoms with Crippen LogP contribution in [0.1, 0.15) is 50.8 Å². The highest BCUT2D eigenvalue weighted by Gasteiger charge is 2.40. The maximum Gasteiger partial charge on any atom is 0.0930 e. The highest BCUT2D eigenvalue weighted by Crippen LogP contribution is 2.39. The van der Waals surface area contributed by atoms with Gasteiger partial charge < -0.3 is 15.4 Å². The van der Waals surface area contributed by atoms with Gasteiger partial charge in [-0.05, 0) is 58.4 Å². The summed E-state index contributed by atoms with van der Waals surface area (Å²) in [4.78, 5) is 8.11. The summed E-state index contributed by atoms with van der Waals surface area (Å²) in [7, 11) is 0. The minimum Gasteiger partial charge on any atom is -0.388 e. The lowest BCUT2D eigenvalue weighted by molar-refractivity contribution is 0.0357.